The molecule has 0 aromatic carbocycles. The molecule has 0 aliphatic carbocycles. The van der Waals surface area contributed by atoms with Gasteiger partial charge in [0.25, 0.3) is 0 Å². The van der Waals surface area contributed by atoms with E-state index in [9.17, 15) is 4.39 Å². The zero-order chi connectivity index (χ0) is 10.6. The largest absolute Gasteiger partial charge is 0.328 e. The van der Waals surface area contributed by atoms with Gasteiger partial charge in [0, 0.05) is 25.2 Å². The molecule has 0 amide bonds. The van der Waals surface area contributed by atoms with Crippen LogP contribution in [0.3, 0.4) is 0 Å². The molecule has 0 bridgehead atoms. The molecule has 3 nitrogen and oxygen atoms in total. The lowest BCUT2D eigenvalue weighted by Crippen LogP contribution is -2.19. The Bertz CT molecular complexity index is 283. The maximum atomic E-state index is 13.1. The standard InChI is InChI=1S/C10H18FN3/c1-3-9-6-10(5-8(11)7-12)14(4-2)13-9/h6,8H,3-5,7,12H2,1-2H3. The smallest absolute Gasteiger partial charge is 0.118 e. The van der Waals surface area contributed by atoms with Crippen molar-refractivity contribution in [3.8, 4) is 0 Å². The van der Waals surface area contributed by atoms with E-state index in [2.05, 4.69) is 5.10 Å². The number of hydrogen-bond donors (Lipinski definition) is 1. The van der Waals surface area contributed by atoms with E-state index in [-0.39, 0.29) is 6.54 Å². The van der Waals surface area contributed by atoms with E-state index in [1.54, 1.807) is 0 Å². The lowest BCUT2D eigenvalue weighted by molar-refractivity contribution is 0.333. The van der Waals surface area contributed by atoms with Gasteiger partial charge in [-0.05, 0) is 19.4 Å². The highest BCUT2D eigenvalue weighted by molar-refractivity contribution is 5.11. The second-order valence-electron chi connectivity index (χ2n) is 3.33. The van der Waals surface area contributed by atoms with Gasteiger partial charge in [-0.15, -0.1) is 0 Å². The molecule has 0 saturated heterocycles. The van der Waals surface area contributed by atoms with Crippen molar-refractivity contribution in [3.05, 3.63) is 17.5 Å². The Morgan fingerprint density at radius 3 is 2.79 bits per heavy atom. The molecular weight excluding hydrogens is 181 g/mol. The lowest BCUT2D eigenvalue weighted by atomic mass is 10.2. The normalized spacial score (nSPS) is 13.1. The highest BCUT2D eigenvalue weighted by Crippen LogP contribution is 2.09. The molecule has 0 spiro atoms. The molecule has 0 aliphatic heterocycles. The summed E-state index contributed by atoms with van der Waals surface area (Å²) in [4.78, 5) is 0. The number of rotatable bonds is 5. The van der Waals surface area contributed by atoms with Gasteiger partial charge in [-0.3, -0.25) is 4.68 Å². The molecule has 1 unspecified atom stereocenters. The molecule has 0 saturated carbocycles. The van der Waals surface area contributed by atoms with Gasteiger partial charge in [0.1, 0.15) is 6.17 Å². The molecule has 80 valence electrons. The molecule has 1 aromatic heterocycles. The van der Waals surface area contributed by atoms with Crippen molar-refractivity contribution in [1.82, 2.24) is 9.78 Å². The summed E-state index contributed by atoms with van der Waals surface area (Å²) in [5.74, 6) is 0. The SMILES string of the molecule is CCc1cc(CC(F)CN)n(CC)n1. The summed E-state index contributed by atoms with van der Waals surface area (Å²) in [6.07, 6.45) is 0.304. The first-order chi connectivity index (χ1) is 6.71. The molecule has 1 aromatic rings. The minimum atomic E-state index is -0.957. The molecule has 2 N–H and O–H groups in total. The van der Waals surface area contributed by atoms with Gasteiger partial charge in [0.05, 0.1) is 5.69 Å². The number of halogens is 1. The van der Waals surface area contributed by atoms with Crippen molar-refractivity contribution in [2.24, 2.45) is 5.73 Å². The Kier molecular flexibility index (Phi) is 4.07. The van der Waals surface area contributed by atoms with E-state index in [0.717, 1.165) is 24.4 Å². The average molecular weight is 199 g/mol. The van der Waals surface area contributed by atoms with Gasteiger partial charge < -0.3 is 5.73 Å². The minimum absolute atomic E-state index is 0.0797. The van der Waals surface area contributed by atoms with Crippen LogP contribution in [0.1, 0.15) is 25.2 Å². The highest BCUT2D eigenvalue weighted by Gasteiger charge is 2.11. The molecule has 14 heavy (non-hydrogen) atoms. The Morgan fingerprint density at radius 2 is 2.29 bits per heavy atom. The van der Waals surface area contributed by atoms with E-state index in [1.807, 2.05) is 24.6 Å². The zero-order valence-electron chi connectivity index (χ0n) is 8.83. The summed E-state index contributed by atoms with van der Waals surface area (Å²) in [5, 5.41) is 4.34. The number of aromatic nitrogens is 2. The second kappa shape index (κ2) is 5.10. The van der Waals surface area contributed by atoms with E-state index < -0.39 is 6.17 Å². The van der Waals surface area contributed by atoms with Crippen LogP contribution < -0.4 is 5.73 Å². The number of nitrogens with two attached hydrogens (primary N) is 1. The van der Waals surface area contributed by atoms with Gasteiger partial charge >= 0.3 is 0 Å². The quantitative estimate of drug-likeness (QED) is 0.777. The second-order valence-corrected chi connectivity index (χ2v) is 3.33. The van der Waals surface area contributed by atoms with Crippen LogP contribution in [0.5, 0.6) is 0 Å². The van der Waals surface area contributed by atoms with Gasteiger partial charge in [-0.1, -0.05) is 6.92 Å². The van der Waals surface area contributed by atoms with E-state index in [1.165, 1.54) is 0 Å². The van der Waals surface area contributed by atoms with Gasteiger partial charge in [0.15, 0.2) is 0 Å². The highest BCUT2D eigenvalue weighted by atomic mass is 19.1. The third-order valence-electron chi connectivity index (χ3n) is 2.26. The molecule has 4 heteroatoms. The molecule has 1 atom stereocenters. The fourth-order valence-electron chi connectivity index (χ4n) is 1.44. The van der Waals surface area contributed by atoms with Crippen LogP contribution in [0.15, 0.2) is 6.07 Å². The molecule has 0 radical (unpaired) electrons. The first-order valence-electron chi connectivity index (χ1n) is 5.11. The molecule has 1 rings (SSSR count). The minimum Gasteiger partial charge on any atom is -0.328 e. The average Bonchev–Trinajstić information content (AvgIpc) is 2.60. The molecule has 1 heterocycles. The van der Waals surface area contributed by atoms with Gasteiger partial charge in [-0.25, -0.2) is 4.39 Å². The maximum Gasteiger partial charge on any atom is 0.118 e. The Hall–Kier alpha value is -0.900. The van der Waals surface area contributed by atoms with Crippen LogP contribution in [0.25, 0.3) is 0 Å². The summed E-state index contributed by atoms with van der Waals surface area (Å²) < 4.78 is 14.9. The van der Waals surface area contributed by atoms with Gasteiger partial charge in [-0.2, -0.15) is 5.10 Å². The third kappa shape index (κ3) is 2.54. The predicted molar refractivity (Wildman–Crippen MR) is 54.9 cm³/mol. The van der Waals surface area contributed by atoms with Crippen LogP contribution in [-0.2, 0) is 19.4 Å². The van der Waals surface area contributed by atoms with Crippen LogP contribution in [-0.4, -0.2) is 22.5 Å². The van der Waals surface area contributed by atoms with Crippen molar-refractivity contribution in [1.29, 1.82) is 0 Å². The van der Waals surface area contributed by atoms with E-state index >= 15 is 0 Å². The number of hydrogen-bond acceptors (Lipinski definition) is 2. The molecule has 0 aliphatic rings. The van der Waals surface area contributed by atoms with Crippen molar-refractivity contribution in [2.75, 3.05) is 6.54 Å². The number of alkyl halides is 1. The number of nitrogens with zero attached hydrogens (tertiary/aromatic N) is 2. The fraction of sp³-hybridized carbons (Fsp3) is 0.700. The van der Waals surface area contributed by atoms with Crippen LogP contribution in [0.2, 0.25) is 0 Å². The monoisotopic (exact) mass is 199 g/mol. The van der Waals surface area contributed by atoms with Crippen LogP contribution >= 0.6 is 0 Å². The van der Waals surface area contributed by atoms with Crippen molar-refractivity contribution >= 4 is 0 Å². The van der Waals surface area contributed by atoms with E-state index in [4.69, 9.17) is 5.73 Å². The van der Waals surface area contributed by atoms with Crippen molar-refractivity contribution < 1.29 is 4.39 Å². The molecule has 0 fully saturated rings. The van der Waals surface area contributed by atoms with E-state index in [0.29, 0.717) is 6.42 Å². The predicted octanol–water partition coefficient (Wildman–Crippen LogP) is 1.30. The summed E-state index contributed by atoms with van der Waals surface area (Å²) in [6.45, 7) is 4.91. The van der Waals surface area contributed by atoms with Gasteiger partial charge in [0.2, 0.25) is 0 Å². The Morgan fingerprint density at radius 1 is 1.57 bits per heavy atom. The summed E-state index contributed by atoms with van der Waals surface area (Å²) in [5.41, 5.74) is 7.21. The van der Waals surface area contributed by atoms with Crippen LogP contribution in [0, 0.1) is 0 Å². The topological polar surface area (TPSA) is 43.8 Å². The summed E-state index contributed by atoms with van der Waals surface area (Å²) in [6, 6.07) is 1.96. The van der Waals surface area contributed by atoms with Crippen molar-refractivity contribution in [2.45, 2.75) is 39.4 Å². The number of aryl methyl sites for hydroxylation is 2. The first-order valence-corrected chi connectivity index (χ1v) is 5.11. The summed E-state index contributed by atoms with van der Waals surface area (Å²) in [7, 11) is 0. The maximum absolute atomic E-state index is 13.1. The fourth-order valence-corrected chi connectivity index (χ4v) is 1.44. The third-order valence-corrected chi connectivity index (χ3v) is 2.26. The first kappa shape index (κ1) is 11.2. The van der Waals surface area contributed by atoms with Crippen molar-refractivity contribution in [3.63, 3.8) is 0 Å². The zero-order valence-corrected chi connectivity index (χ0v) is 8.83. The molecular formula is C10H18FN3. The Balaban J connectivity index is 2.78. The summed E-state index contributed by atoms with van der Waals surface area (Å²) >= 11 is 0. The Labute approximate surface area is 84.1 Å². The van der Waals surface area contributed by atoms with Crippen LogP contribution in [0.4, 0.5) is 4.39 Å². The lowest BCUT2D eigenvalue weighted by Gasteiger charge is -2.06.